The van der Waals surface area contributed by atoms with Gasteiger partial charge in [0.25, 0.3) is 6.43 Å². The smallest absolute Gasteiger partial charge is 0.261 e. The average Bonchev–Trinajstić information content (AvgIpc) is 2.42. The van der Waals surface area contributed by atoms with Crippen LogP contribution in [0.25, 0.3) is 0 Å². The molecule has 0 saturated heterocycles. The van der Waals surface area contributed by atoms with E-state index in [-0.39, 0.29) is 0 Å². The molecule has 1 unspecified atom stereocenters. The Morgan fingerprint density at radius 1 is 1.26 bits per heavy atom. The van der Waals surface area contributed by atoms with Gasteiger partial charge in [0, 0.05) is 12.1 Å². The van der Waals surface area contributed by atoms with E-state index < -0.39 is 19.1 Å². The minimum atomic E-state index is -2.47. The predicted octanol–water partition coefficient (Wildman–Crippen LogP) is 3.02. The molecule has 19 heavy (non-hydrogen) atoms. The zero-order valence-electron chi connectivity index (χ0n) is 11.4. The second-order valence-electron chi connectivity index (χ2n) is 4.16. The number of hydrogen-bond acceptors (Lipinski definition) is 3. The second-order valence-corrected chi connectivity index (χ2v) is 4.16. The Morgan fingerprint density at radius 2 is 2.00 bits per heavy atom. The molecule has 1 aromatic rings. The second kappa shape index (κ2) is 8.82. The summed E-state index contributed by atoms with van der Waals surface area (Å²) in [6.07, 6.45) is -1.92. The van der Waals surface area contributed by atoms with Crippen LogP contribution in [0.5, 0.6) is 5.75 Å². The van der Waals surface area contributed by atoms with E-state index in [0.29, 0.717) is 12.3 Å². The zero-order chi connectivity index (χ0) is 14.1. The van der Waals surface area contributed by atoms with Crippen molar-refractivity contribution in [2.75, 3.05) is 26.8 Å². The number of ether oxygens (including phenoxy) is 2. The van der Waals surface area contributed by atoms with Gasteiger partial charge in [0.1, 0.15) is 12.4 Å². The Labute approximate surface area is 112 Å². The molecule has 0 aliphatic heterocycles. The minimum Gasteiger partial charge on any atom is -0.496 e. The Bertz CT molecular complexity index is 361. The van der Waals surface area contributed by atoms with Crippen LogP contribution in [0.2, 0.25) is 0 Å². The third kappa shape index (κ3) is 5.53. The van der Waals surface area contributed by atoms with Crippen LogP contribution >= 0.6 is 0 Å². The molecule has 1 atom stereocenters. The van der Waals surface area contributed by atoms with Crippen molar-refractivity contribution in [3.63, 3.8) is 0 Å². The minimum absolute atomic E-state index is 0.434. The topological polar surface area (TPSA) is 30.5 Å². The van der Waals surface area contributed by atoms with Gasteiger partial charge in [-0.05, 0) is 19.0 Å². The van der Waals surface area contributed by atoms with E-state index in [1.807, 2.05) is 25.1 Å². The van der Waals surface area contributed by atoms with Crippen molar-refractivity contribution in [2.45, 2.75) is 25.9 Å². The lowest BCUT2D eigenvalue weighted by molar-refractivity contribution is -0.0252. The number of hydrogen-bond donors (Lipinski definition) is 1. The Hall–Kier alpha value is -1.20. The largest absolute Gasteiger partial charge is 0.496 e. The molecule has 1 aromatic carbocycles. The van der Waals surface area contributed by atoms with E-state index in [2.05, 4.69) is 5.32 Å². The van der Waals surface area contributed by atoms with Crippen LogP contribution in [-0.2, 0) is 4.74 Å². The summed E-state index contributed by atoms with van der Waals surface area (Å²) >= 11 is 0. The monoisotopic (exact) mass is 273 g/mol. The van der Waals surface area contributed by atoms with E-state index in [4.69, 9.17) is 9.47 Å². The highest BCUT2D eigenvalue weighted by molar-refractivity contribution is 5.35. The first kappa shape index (κ1) is 15.9. The molecule has 3 nitrogen and oxygen atoms in total. The van der Waals surface area contributed by atoms with Crippen molar-refractivity contribution in [2.24, 2.45) is 0 Å². The number of rotatable bonds is 9. The van der Waals surface area contributed by atoms with E-state index >= 15 is 0 Å². The first-order valence-electron chi connectivity index (χ1n) is 6.42. The maximum absolute atomic E-state index is 12.3. The fourth-order valence-electron chi connectivity index (χ4n) is 1.79. The summed E-state index contributed by atoms with van der Waals surface area (Å²) in [6.45, 7) is 2.78. The summed E-state index contributed by atoms with van der Waals surface area (Å²) in [7, 11) is 1.56. The summed E-state index contributed by atoms with van der Waals surface area (Å²) in [4.78, 5) is 0. The normalized spacial score (nSPS) is 12.7. The van der Waals surface area contributed by atoms with Crippen LogP contribution in [0.1, 0.15) is 25.0 Å². The quantitative estimate of drug-likeness (QED) is 0.702. The standard InChI is InChI=1S/C14H21F2NO2/c1-3-8-17-9-13(19-10-14(15)16)11-6-4-5-7-12(11)18-2/h4-7,13-14,17H,3,8-10H2,1-2H3. The Morgan fingerprint density at radius 3 is 2.63 bits per heavy atom. The third-order valence-electron chi connectivity index (χ3n) is 2.67. The van der Waals surface area contributed by atoms with Crippen LogP contribution in [0.3, 0.4) is 0 Å². The Kier molecular flexibility index (Phi) is 7.36. The van der Waals surface area contributed by atoms with Gasteiger partial charge in [-0.25, -0.2) is 8.78 Å². The first-order valence-corrected chi connectivity index (χ1v) is 6.42. The van der Waals surface area contributed by atoms with Crippen LogP contribution in [0.4, 0.5) is 8.78 Å². The molecule has 0 aromatic heterocycles. The molecular weight excluding hydrogens is 252 g/mol. The highest BCUT2D eigenvalue weighted by Crippen LogP contribution is 2.27. The van der Waals surface area contributed by atoms with E-state index in [1.165, 1.54) is 0 Å². The van der Waals surface area contributed by atoms with Gasteiger partial charge >= 0.3 is 0 Å². The molecular formula is C14H21F2NO2. The highest BCUT2D eigenvalue weighted by atomic mass is 19.3. The lowest BCUT2D eigenvalue weighted by Crippen LogP contribution is -2.25. The van der Waals surface area contributed by atoms with Crippen LogP contribution in [0.15, 0.2) is 24.3 Å². The third-order valence-corrected chi connectivity index (χ3v) is 2.67. The molecule has 5 heteroatoms. The van der Waals surface area contributed by atoms with Gasteiger partial charge in [0.05, 0.1) is 13.2 Å². The number of methoxy groups -OCH3 is 1. The van der Waals surface area contributed by atoms with Crippen LogP contribution in [-0.4, -0.2) is 33.2 Å². The molecule has 1 rings (SSSR count). The molecule has 0 saturated carbocycles. The predicted molar refractivity (Wildman–Crippen MR) is 70.9 cm³/mol. The van der Waals surface area contributed by atoms with Gasteiger partial charge in [0.15, 0.2) is 0 Å². The summed E-state index contributed by atoms with van der Waals surface area (Å²) in [5.74, 6) is 0.653. The van der Waals surface area contributed by atoms with Crippen molar-refractivity contribution < 1.29 is 18.3 Å². The number of para-hydroxylation sites is 1. The molecule has 108 valence electrons. The van der Waals surface area contributed by atoms with E-state index in [9.17, 15) is 8.78 Å². The van der Waals surface area contributed by atoms with Gasteiger partial charge in [-0.15, -0.1) is 0 Å². The highest BCUT2D eigenvalue weighted by Gasteiger charge is 2.18. The lowest BCUT2D eigenvalue weighted by Gasteiger charge is -2.21. The molecule has 0 aliphatic rings. The fourth-order valence-corrected chi connectivity index (χ4v) is 1.79. The number of nitrogens with one attached hydrogen (secondary N) is 1. The summed E-state index contributed by atoms with van der Waals surface area (Å²) in [5, 5.41) is 3.18. The number of halogens is 2. The Balaban J connectivity index is 2.75. The van der Waals surface area contributed by atoms with Gasteiger partial charge in [-0.2, -0.15) is 0 Å². The van der Waals surface area contributed by atoms with Gasteiger partial charge in [-0.1, -0.05) is 25.1 Å². The fraction of sp³-hybridized carbons (Fsp3) is 0.571. The number of benzene rings is 1. The van der Waals surface area contributed by atoms with Crippen LogP contribution < -0.4 is 10.1 Å². The zero-order valence-corrected chi connectivity index (χ0v) is 11.4. The maximum atomic E-state index is 12.3. The molecule has 1 N–H and O–H groups in total. The summed E-state index contributed by atoms with van der Waals surface area (Å²) in [5.41, 5.74) is 0.786. The number of alkyl halides is 2. The molecule has 0 amide bonds. The maximum Gasteiger partial charge on any atom is 0.261 e. The average molecular weight is 273 g/mol. The van der Waals surface area contributed by atoms with Crippen molar-refractivity contribution in [3.05, 3.63) is 29.8 Å². The van der Waals surface area contributed by atoms with E-state index in [0.717, 1.165) is 18.5 Å². The summed E-state index contributed by atoms with van der Waals surface area (Å²) < 4.78 is 35.1. The first-order chi connectivity index (χ1) is 9.19. The molecule has 0 fully saturated rings. The molecule has 0 bridgehead atoms. The molecule has 0 radical (unpaired) electrons. The van der Waals surface area contributed by atoms with Gasteiger partial charge in [0.2, 0.25) is 0 Å². The molecule has 0 aliphatic carbocycles. The molecule has 0 heterocycles. The van der Waals surface area contributed by atoms with Crippen molar-refractivity contribution in [1.82, 2.24) is 5.32 Å². The van der Waals surface area contributed by atoms with Crippen LogP contribution in [0, 0.1) is 0 Å². The molecule has 0 spiro atoms. The lowest BCUT2D eigenvalue weighted by atomic mass is 10.1. The van der Waals surface area contributed by atoms with Crippen molar-refractivity contribution in [1.29, 1.82) is 0 Å². The summed E-state index contributed by atoms with van der Waals surface area (Å²) in [6, 6.07) is 7.32. The van der Waals surface area contributed by atoms with Crippen molar-refractivity contribution in [3.8, 4) is 5.75 Å². The SMILES string of the molecule is CCCNCC(OCC(F)F)c1ccccc1OC. The van der Waals surface area contributed by atoms with Gasteiger partial charge < -0.3 is 14.8 Å². The van der Waals surface area contributed by atoms with Gasteiger partial charge in [-0.3, -0.25) is 0 Å². The van der Waals surface area contributed by atoms with Crippen molar-refractivity contribution >= 4 is 0 Å². The van der Waals surface area contributed by atoms with E-state index in [1.54, 1.807) is 13.2 Å².